The average Bonchev–Trinajstić information content (AvgIpc) is 3.48. The van der Waals surface area contributed by atoms with E-state index in [-0.39, 0.29) is 11.9 Å². The van der Waals surface area contributed by atoms with Crippen molar-refractivity contribution in [3.05, 3.63) is 83.6 Å². The predicted molar refractivity (Wildman–Crippen MR) is 107 cm³/mol. The van der Waals surface area contributed by atoms with E-state index in [9.17, 15) is 4.79 Å². The molecule has 1 aliphatic carbocycles. The first-order valence-electron chi connectivity index (χ1n) is 9.41. The summed E-state index contributed by atoms with van der Waals surface area (Å²) in [5, 5.41) is 11.7. The van der Waals surface area contributed by atoms with Crippen molar-refractivity contribution in [2.24, 2.45) is 0 Å². The number of benzene rings is 2. The lowest BCUT2D eigenvalue weighted by Gasteiger charge is -2.08. The molecule has 1 saturated carbocycles. The topological polar surface area (TPSA) is 54.9 Å². The molecule has 0 aliphatic heterocycles. The summed E-state index contributed by atoms with van der Waals surface area (Å²) < 4.78 is 0. The zero-order valence-corrected chi connectivity index (χ0v) is 15.6. The minimum Gasteiger partial charge on any atom is -0.349 e. The van der Waals surface area contributed by atoms with Crippen LogP contribution in [0.5, 0.6) is 0 Å². The number of nitrogens with zero attached hydrogens (tertiary/aromatic N) is 2. The van der Waals surface area contributed by atoms with E-state index < -0.39 is 0 Å². The Morgan fingerprint density at radius 1 is 1.00 bits per heavy atom. The van der Waals surface area contributed by atoms with Crippen LogP contribution in [0, 0.1) is 0 Å². The van der Waals surface area contributed by atoms with Crippen LogP contribution in [0.2, 0.25) is 0 Å². The summed E-state index contributed by atoms with van der Waals surface area (Å²) in [6.07, 6.45) is 0.998. The Bertz CT molecular complexity index is 935. The van der Waals surface area contributed by atoms with Gasteiger partial charge in [-0.1, -0.05) is 56.3 Å². The van der Waals surface area contributed by atoms with Crippen LogP contribution in [0.1, 0.15) is 53.7 Å². The lowest BCUT2D eigenvalue weighted by atomic mass is 10.1. The van der Waals surface area contributed by atoms with Crippen LogP contribution in [0.3, 0.4) is 0 Å². The Morgan fingerprint density at radius 2 is 1.81 bits per heavy atom. The van der Waals surface area contributed by atoms with Crippen LogP contribution in [-0.4, -0.2) is 22.1 Å². The van der Waals surface area contributed by atoms with Gasteiger partial charge in [-0.2, -0.15) is 10.2 Å². The van der Waals surface area contributed by atoms with E-state index in [4.69, 9.17) is 0 Å². The second-order valence-corrected chi connectivity index (χ2v) is 7.41. The Hall–Kier alpha value is -3.01. The van der Waals surface area contributed by atoms with Gasteiger partial charge in [0.1, 0.15) is 0 Å². The summed E-state index contributed by atoms with van der Waals surface area (Å²) >= 11 is 0. The quantitative estimate of drug-likeness (QED) is 0.729. The molecule has 1 amide bonds. The molecular formula is C23H23N3O. The second kappa shape index (κ2) is 7.31. The zero-order valence-electron chi connectivity index (χ0n) is 15.6. The van der Waals surface area contributed by atoms with Crippen LogP contribution in [0.25, 0.3) is 11.3 Å². The predicted octanol–water partition coefficient (Wildman–Crippen LogP) is 4.55. The van der Waals surface area contributed by atoms with Gasteiger partial charge in [-0.05, 0) is 42.2 Å². The van der Waals surface area contributed by atoms with Crippen LogP contribution < -0.4 is 5.32 Å². The van der Waals surface area contributed by atoms with Crippen molar-refractivity contribution in [3.8, 4) is 11.3 Å². The lowest BCUT2D eigenvalue weighted by Crippen LogP contribution is -2.26. The van der Waals surface area contributed by atoms with E-state index in [1.54, 1.807) is 0 Å². The molecule has 4 nitrogen and oxygen atoms in total. The molecule has 3 aromatic rings. The average molecular weight is 357 g/mol. The fraction of sp³-hybridized carbons (Fsp3) is 0.261. The molecule has 1 fully saturated rings. The first kappa shape index (κ1) is 17.4. The first-order chi connectivity index (χ1) is 13.1. The highest BCUT2D eigenvalue weighted by atomic mass is 16.1. The van der Waals surface area contributed by atoms with Crippen LogP contribution >= 0.6 is 0 Å². The van der Waals surface area contributed by atoms with Gasteiger partial charge >= 0.3 is 0 Å². The monoisotopic (exact) mass is 357 g/mol. The van der Waals surface area contributed by atoms with Crippen LogP contribution in [0.4, 0.5) is 0 Å². The third-order valence-corrected chi connectivity index (χ3v) is 5.03. The first-order valence-corrected chi connectivity index (χ1v) is 9.41. The molecule has 0 radical (unpaired) electrons. The maximum absolute atomic E-state index is 12.7. The SMILES string of the molecule is CC(C)c1ccc(-c2cccc(C(=O)N[C@@H]3C[C@H]3c3ccccc3)c2)nn1. The Kier molecular flexibility index (Phi) is 4.71. The van der Waals surface area contributed by atoms with Gasteiger partial charge in [-0.25, -0.2) is 0 Å². The van der Waals surface area contributed by atoms with Crippen molar-refractivity contribution in [1.29, 1.82) is 0 Å². The number of hydrogen-bond donors (Lipinski definition) is 1. The van der Waals surface area contributed by atoms with E-state index in [1.165, 1.54) is 5.56 Å². The van der Waals surface area contributed by atoms with Crippen molar-refractivity contribution in [3.63, 3.8) is 0 Å². The van der Waals surface area contributed by atoms with E-state index in [0.717, 1.165) is 23.4 Å². The summed E-state index contributed by atoms with van der Waals surface area (Å²) in [6, 6.07) is 22.1. The second-order valence-electron chi connectivity index (χ2n) is 7.41. The number of carbonyl (C=O) groups excluding carboxylic acids is 1. The standard InChI is InChI=1S/C23H23N3O/c1-15(2)20-11-12-21(26-25-20)17-9-6-10-18(13-17)23(27)24-22-14-19(22)16-7-4-3-5-8-16/h3-13,15,19,22H,14H2,1-2H3,(H,24,27)/t19-,22+/m0/s1. The fourth-order valence-corrected chi connectivity index (χ4v) is 3.30. The Labute approximate surface area is 159 Å². The van der Waals surface area contributed by atoms with E-state index in [1.807, 2.05) is 54.6 Å². The summed E-state index contributed by atoms with van der Waals surface area (Å²) in [7, 11) is 0. The van der Waals surface area contributed by atoms with Crippen LogP contribution in [0.15, 0.2) is 66.7 Å². The maximum Gasteiger partial charge on any atom is 0.251 e. The van der Waals surface area contributed by atoms with Gasteiger partial charge < -0.3 is 5.32 Å². The van der Waals surface area contributed by atoms with E-state index in [2.05, 4.69) is 41.5 Å². The highest BCUT2D eigenvalue weighted by Gasteiger charge is 2.39. The molecule has 1 aromatic heterocycles. The van der Waals surface area contributed by atoms with Crippen molar-refractivity contribution in [1.82, 2.24) is 15.5 Å². The molecule has 1 N–H and O–H groups in total. The van der Waals surface area contributed by atoms with Crippen molar-refractivity contribution in [2.75, 3.05) is 0 Å². The van der Waals surface area contributed by atoms with Crippen LogP contribution in [-0.2, 0) is 0 Å². The van der Waals surface area contributed by atoms with Gasteiger partial charge in [0.15, 0.2) is 0 Å². The lowest BCUT2D eigenvalue weighted by molar-refractivity contribution is 0.0950. The molecular weight excluding hydrogens is 334 g/mol. The number of rotatable bonds is 5. The molecule has 27 heavy (non-hydrogen) atoms. The molecule has 1 heterocycles. The van der Waals surface area contributed by atoms with Gasteiger partial charge in [0, 0.05) is 23.1 Å². The number of nitrogens with one attached hydrogen (secondary N) is 1. The number of hydrogen-bond acceptors (Lipinski definition) is 3. The van der Waals surface area contributed by atoms with Gasteiger partial charge in [-0.15, -0.1) is 0 Å². The zero-order chi connectivity index (χ0) is 18.8. The molecule has 2 atom stereocenters. The normalized spacial score (nSPS) is 18.3. The summed E-state index contributed by atoms with van der Waals surface area (Å²) in [6.45, 7) is 4.18. The largest absolute Gasteiger partial charge is 0.349 e. The molecule has 4 rings (SSSR count). The van der Waals surface area contributed by atoms with E-state index >= 15 is 0 Å². The smallest absolute Gasteiger partial charge is 0.251 e. The Balaban J connectivity index is 1.45. The fourth-order valence-electron chi connectivity index (χ4n) is 3.30. The minimum absolute atomic E-state index is 0.0351. The highest BCUT2D eigenvalue weighted by Crippen LogP contribution is 2.40. The maximum atomic E-state index is 12.7. The van der Waals surface area contributed by atoms with Gasteiger partial charge in [0.25, 0.3) is 5.91 Å². The van der Waals surface area contributed by atoms with Crippen molar-refractivity contribution >= 4 is 5.91 Å². The number of aromatic nitrogens is 2. The molecule has 4 heteroatoms. The number of amides is 1. The van der Waals surface area contributed by atoms with E-state index in [0.29, 0.717) is 17.4 Å². The molecule has 0 unspecified atom stereocenters. The molecule has 0 saturated heterocycles. The molecule has 1 aliphatic rings. The Morgan fingerprint density at radius 3 is 2.52 bits per heavy atom. The summed E-state index contributed by atoms with van der Waals surface area (Å²) in [4.78, 5) is 12.7. The van der Waals surface area contributed by atoms with Gasteiger partial charge in [0.2, 0.25) is 0 Å². The molecule has 2 aromatic carbocycles. The van der Waals surface area contributed by atoms with Gasteiger partial charge in [-0.3, -0.25) is 4.79 Å². The number of carbonyl (C=O) groups is 1. The minimum atomic E-state index is -0.0351. The summed E-state index contributed by atoms with van der Waals surface area (Å²) in [5.74, 6) is 0.736. The van der Waals surface area contributed by atoms with Gasteiger partial charge in [0.05, 0.1) is 11.4 Å². The third kappa shape index (κ3) is 3.90. The summed E-state index contributed by atoms with van der Waals surface area (Å²) in [5.41, 5.74) is 4.59. The molecule has 136 valence electrons. The molecule has 0 spiro atoms. The highest BCUT2D eigenvalue weighted by molar-refractivity contribution is 5.95. The third-order valence-electron chi connectivity index (χ3n) is 5.03. The molecule has 0 bridgehead atoms. The van der Waals surface area contributed by atoms with Crippen molar-refractivity contribution in [2.45, 2.75) is 38.1 Å². The van der Waals surface area contributed by atoms with Crippen molar-refractivity contribution < 1.29 is 4.79 Å².